The number of nitrogens with zero attached hydrogens (tertiary/aromatic N) is 1. The average Bonchev–Trinajstić information content (AvgIpc) is 2.66. The van der Waals surface area contributed by atoms with E-state index in [0.29, 0.717) is 13.0 Å². The van der Waals surface area contributed by atoms with Gasteiger partial charge in [-0.25, -0.2) is 4.39 Å². The Morgan fingerprint density at radius 1 is 1.15 bits per heavy atom. The lowest BCUT2D eigenvalue weighted by Crippen LogP contribution is -2.51. The first kappa shape index (κ1) is 18.0. The normalized spacial score (nSPS) is 22.6. The Balaban J connectivity index is 1.53. The van der Waals surface area contributed by atoms with E-state index in [1.54, 1.807) is 6.07 Å². The number of carbonyl (C=O) groups excluding carboxylic acids is 1. The highest BCUT2D eigenvalue weighted by Crippen LogP contribution is 2.50. The predicted octanol–water partition coefficient (Wildman–Crippen LogP) is 3.42. The van der Waals surface area contributed by atoms with Crippen molar-refractivity contribution in [3.05, 3.63) is 65.5 Å². The van der Waals surface area contributed by atoms with E-state index in [9.17, 15) is 14.3 Å². The molecule has 2 aromatic carbocycles. The number of hydrogen-bond donors (Lipinski definition) is 2. The summed E-state index contributed by atoms with van der Waals surface area (Å²) in [5.41, 5.74) is 1.86. The molecule has 4 rings (SSSR count). The molecule has 2 aliphatic rings. The lowest BCUT2D eigenvalue weighted by atomic mass is 9.62. The number of phenolic OH excluding ortho intramolecular Hbond substituents is 1. The highest BCUT2D eigenvalue weighted by molar-refractivity contribution is 5.78. The Bertz CT molecular complexity index is 816. The quantitative estimate of drug-likeness (QED) is 0.873. The van der Waals surface area contributed by atoms with Gasteiger partial charge in [-0.3, -0.25) is 9.69 Å². The van der Waals surface area contributed by atoms with Crippen LogP contribution in [0.4, 0.5) is 4.39 Å². The maximum absolute atomic E-state index is 13.4. The molecule has 1 atom stereocenters. The monoisotopic (exact) mass is 368 g/mol. The second-order valence-corrected chi connectivity index (χ2v) is 7.86. The van der Waals surface area contributed by atoms with Crippen molar-refractivity contribution in [3.63, 3.8) is 0 Å². The molecule has 27 heavy (non-hydrogen) atoms. The van der Waals surface area contributed by atoms with Gasteiger partial charge in [-0.15, -0.1) is 0 Å². The van der Waals surface area contributed by atoms with Crippen molar-refractivity contribution < 1.29 is 14.3 Å². The molecule has 142 valence electrons. The summed E-state index contributed by atoms with van der Waals surface area (Å²) in [7, 11) is 0. The molecule has 0 bridgehead atoms. The van der Waals surface area contributed by atoms with Crippen molar-refractivity contribution in [2.75, 3.05) is 19.6 Å². The van der Waals surface area contributed by atoms with Gasteiger partial charge < -0.3 is 10.4 Å². The van der Waals surface area contributed by atoms with Crippen molar-refractivity contribution in [2.24, 2.45) is 5.41 Å². The minimum absolute atomic E-state index is 0.00896. The van der Waals surface area contributed by atoms with Crippen molar-refractivity contribution in [1.82, 2.24) is 10.2 Å². The Morgan fingerprint density at radius 2 is 1.89 bits per heavy atom. The van der Waals surface area contributed by atoms with E-state index < -0.39 is 5.82 Å². The summed E-state index contributed by atoms with van der Waals surface area (Å²) in [5, 5.41) is 13.2. The number of benzene rings is 2. The van der Waals surface area contributed by atoms with Crippen LogP contribution in [0.5, 0.6) is 5.75 Å². The van der Waals surface area contributed by atoms with Gasteiger partial charge in [0.05, 0.1) is 0 Å². The van der Waals surface area contributed by atoms with E-state index in [0.717, 1.165) is 38.0 Å². The Labute approximate surface area is 159 Å². The molecule has 1 amide bonds. The van der Waals surface area contributed by atoms with E-state index in [-0.39, 0.29) is 23.0 Å². The smallest absolute Gasteiger partial charge is 0.220 e. The third kappa shape index (κ3) is 3.69. The number of rotatable bonds is 3. The number of likely N-dealkylation sites (tertiary alicyclic amines) is 1. The van der Waals surface area contributed by atoms with Crippen molar-refractivity contribution in [1.29, 1.82) is 0 Å². The zero-order valence-corrected chi connectivity index (χ0v) is 15.3. The molecule has 2 aromatic rings. The van der Waals surface area contributed by atoms with Crippen molar-refractivity contribution in [2.45, 2.75) is 31.7 Å². The largest absolute Gasteiger partial charge is 0.508 e. The van der Waals surface area contributed by atoms with Crippen LogP contribution < -0.4 is 5.32 Å². The van der Waals surface area contributed by atoms with Crippen LogP contribution in [0.1, 0.15) is 36.3 Å². The lowest BCUT2D eigenvalue weighted by molar-refractivity contribution is -0.128. The third-order valence-electron chi connectivity index (χ3n) is 6.22. The fourth-order valence-corrected chi connectivity index (χ4v) is 4.71. The maximum atomic E-state index is 13.4. The summed E-state index contributed by atoms with van der Waals surface area (Å²) in [6.07, 6.45) is 2.26. The van der Waals surface area contributed by atoms with E-state index in [1.165, 1.54) is 17.7 Å². The maximum Gasteiger partial charge on any atom is 0.220 e. The van der Waals surface area contributed by atoms with Crippen LogP contribution in [-0.4, -0.2) is 35.5 Å². The van der Waals surface area contributed by atoms with Gasteiger partial charge in [0.2, 0.25) is 5.91 Å². The van der Waals surface area contributed by atoms with Gasteiger partial charge in [-0.2, -0.15) is 0 Å². The number of phenols is 1. The molecule has 2 fully saturated rings. The minimum atomic E-state index is -0.442. The first-order valence-electron chi connectivity index (χ1n) is 9.57. The summed E-state index contributed by atoms with van der Waals surface area (Å²) in [6.45, 7) is 3.24. The van der Waals surface area contributed by atoms with Gasteiger partial charge in [-0.1, -0.05) is 36.4 Å². The van der Waals surface area contributed by atoms with Crippen molar-refractivity contribution in [3.8, 4) is 5.75 Å². The molecule has 0 radical (unpaired) electrons. The summed E-state index contributed by atoms with van der Waals surface area (Å²) in [4.78, 5) is 14.6. The molecular weight excluding hydrogens is 343 g/mol. The molecular formula is C22H25FN2O2. The molecule has 0 saturated carbocycles. The number of amides is 1. The molecule has 1 unspecified atom stereocenters. The molecule has 2 heterocycles. The van der Waals surface area contributed by atoms with Gasteiger partial charge in [0, 0.05) is 31.5 Å². The fourth-order valence-electron chi connectivity index (χ4n) is 4.71. The van der Waals surface area contributed by atoms with Gasteiger partial charge in [0.25, 0.3) is 0 Å². The number of aromatic hydroxyl groups is 1. The molecule has 4 nitrogen and oxygen atoms in total. The summed E-state index contributed by atoms with van der Waals surface area (Å²) in [6, 6.07) is 14.6. The highest BCUT2D eigenvalue weighted by atomic mass is 19.1. The Morgan fingerprint density at radius 3 is 2.59 bits per heavy atom. The van der Waals surface area contributed by atoms with E-state index in [4.69, 9.17) is 0 Å². The van der Waals surface area contributed by atoms with Gasteiger partial charge in [-0.05, 0) is 48.5 Å². The third-order valence-corrected chi connectivity index (χ3v) is 6.22. The Hall–Kier alpha value is -2.40. The van der Waals surface area contributed by atoms with Crippen LogP contribution in [0, 0.1) is 11.2 Å². The van der Waals surface area contributed by atoms with Crippen LogP contribution >= 0.6 is 0 Å². The van der Waals surface area contributed by atoms with E-state index >= 15 is 0 Å². The second-order valence-electron chi connectivity index (χ2n) is 7.86. The molecule has 5 heteroatoms. The fraction of sp³-hybridized carbons (Fsp3) is 0.409. The van der Waals surface area contributed by atoms with Gasteiger partial charge in [0.15, 0.2) is 0 Å². The molecule has 2 N–H and O–H groups in total. The predicted molar refractivity (Wildman–Crippen MR) is 102 cm³/mol. The SMILES string of the molecule is O=C1CC2(CCN(Cc3ccccc3)CC2)C(c2ccc(F)cc2O)CN1. The number of nitrogens with one attached hydrogen (secondary N) is 1. The Kier molecular flexibility index (Phi) is 4.87. The van der Waals surface area contributed by atoms with Crippen LogP contribution in [-0.2, 0) is 11.3 Å². The highest BCUT2D eigenvalue weighted by Gasteiger charge is 2.46. The number of halogens is 1. The zero-order valence-electron chi connectivity index (χ0n) is 15.3. The summed E-state index contributed by atoms with van der Waals surface area (Å²) >= 11 is 0. The van der Waals surface area contributed by atoms with Gasteiger partial charge in [0.1, 0.15) is 11.6 Å². The average molecular weight is 368 g/mol. The standard InChI is InChI=1S/C22H25FN2O2/c23-17-6-7-18(20(26)12-17)19-14-24-21(27)13-22(19)8-10-25(11-9-22)15-16-4-2-1-3-5-16/h1-7,12,19,26H,8-11,13-15H2,(H,24,27). The van der Waals surface area contributed by atoms with Crippen LogP contribution in [0.25, 0.3) is 0 Å². The molecule has 0 aliphatic carbocycles. The zero-order chi connectivity index (χ0) is 18.9. The topological polar surface area (TPSA) is 52.6 Å². The van der Waals surface area contributed by atoms with Crippen LogP contribution in [0.15, 0.2) is 48.5 Å². The van der Waals surface area contributed by atoms with Crippen molar-refractivity contribution >= 4 is 5.91 Å². The second kappa shape index (κ2) is 7.31. The number of hydrogen-bond acceptors (Lipinski definition) is 3. The number of carbonyl (C=O) groups is 1. The first-order valence-corrected chi connectivity index (χ1v) is 9.57. The molecule has 1 spiro atoms. The molecule has 2 saturated heterocycles. The summed E-state index contributed by atoms with van der Waals surface area (Å²) < 4.78 is 13.4. The lowest BCUT2D eigenvalue weighted by Gasteiger charge is -2.49. The van der Waals surface area contributed by atoms with Crippen LogP contribution in [0.3, 0.4) is 0 Å². The first-order chi connectivity index (χ1) is 13.1. The molecule has 0 aromatic heterocycles. The van der Waals surface area contributed by atoms with Gasteiger partial charge >= 0.3 is 0 Å². The van der Waals surface area contributed by atoms with Crippen LogP contribution in [0.2, 0.25) is 0 Å². The minimum Gasteiger partial charge on any atom is -0.508 e. The molecule has 2 aliphatic heterocycles. The van der Waals surface area contributed by atoms with E-state index in [2.05, 4.69) is 34.5 Å². The summed E-state index contributed by atoms with van der Waals surface area (Å²) in [5.74, 6) is -0.371. The number of piperidine rings is 2. The van der Waals surface area contributed by atoms with E-state index in [1.807, 2.05) is 6.07 Å².